The van der Waals surface area contributed by atoms with Crippen molar-refractivity contribution in [1.29, 1.82) is 0 Å². The number of nitrogens with one attached hydrogen (secondary N) is 1. The molecule has 1 aliphatic rings. The minimum Gasteiger partial charge on any atom is -0.790 e. The molecule has 0 bridgehead atoms. The third-order valence-corrected chi connectivity index (χ3v) is 7.16. The largest absolute Gasteiger partial charge is 0.790 e. The SMILES string of the molecule is CNc1ccn(C2OC(COP(=O)([O-])OP(=O)([O-])OP(=O)([O-])[O-])C(O)C2O)c(=O)n1. The molecule has 6 atom stereocenters. The molecule has 3 N–H and O–H groups in total. The molecule has 30 heavy (non-hydrogen) atoms. The summed E-state index contributed by atoms with van der Waals surface area (Å²) in [5.74, 6) is 0.193. The number of rotatable bonds is 9. The van der Waals surface area contributed by atoms with E-state index in [4.69, 9.17) is 4.74 Å². The van der Waals surface area contributed by atoms with Crippen molar-refractivity contribution >= 4 is 29.3 Å². The molecule has 0 saturated carbocycles. The number of phosphoric ester groups is 1. The van der Waals surface area contributed by atoms with Crippen LogP contribution in [-0.2, 0) is 31.6 Å². The molecule has 0 amide bonds. The number of nitrogens with zero attached hydrogens (tertiary/aromatic N) is 2. The van der Waals surface area contributed by atoms with Crippen LogP contribution in [0.4, 0.5) is 5.82 Å². The molecule has 1 aromatic heterocycles. The Morgan fingerprint density at radius 2 is 1.80 bits per heavy atom. The summed E-state index contributed by atoms with van der Waals surface area (Å²) in [7, 11) is -16.6. The molecule has 1 aliphatic heterocycles. The fourth-order valence-corrected chi connectivity index (χ4v) is 5.16. The Kier molecular flexibility index (Phi) is 7.76. The second-order valence-electron chi connectivity index (χ2n) is 5.60. The monoisotopic (exact) mass is 493 g/mol. The van der Waals surface area contributed by atoms with Gasteiger partial charge in [-0.05, 0) is 6.07 Å². The van der Waals surface area contributed by atoms with Crippen molar-refractivity contribution in [2.75, 3.05) is 19.0 Å². The quantitative estimate of drug-likeness (QED) is 0.275. The van der Waals surface area contributed by atoms with Crippen molar-refractivity contribution in [2.24, 2.45) is 0 Å². The highest BCUT2D eigenvalue weighted by Crippen LogP contribution is 2.60. The normalized spacial score (nSPS) is 28.6. The van der Waals surface area contributed by atoms with Gasteiger partial charge in [-0.25, -0.2) is 9.11 Å². The fourth-order valence-electron chi connectivity index (χ4n) is 2.29. The molecule has 1 saturated heterocycles. The number of ether oxygens (including phenoxy) is 1. The first-order valence-corrected chi connectivity index (χ1v) is 12.0. The second-order valence-corrected chi connectivity index (χ2v) is 9.85. The highest BCUT2D eigenvalue weighted by Gasteiger charge is 2.44. The molecule has 0 aromatic carbocycles. The molecule has 20 heteroatoms. The molecule has 2 heterocycles. The number of aliphatic hydroxyl groups excluding tert-OH is 2. The molecule has 17 nitrogen and oxygen atoms in total. The number of hydrogen-bond donors (Lipinski definition) is 3. The van der Waals surface area contributed by atoms with Gasteiger partial charge in [-0.15, -0.1) is 0 Å². The van der Waals surface area contributed by atoms with Crippen molar-refractivity contribution in [3.8, 4) is 0 Å². The highest BCUT2D eigenvalue weighted by atomic mass is 31.3. The topological polar surface area (TPSA) is 268 Å². The zero-order valence-corrected chi connectivity index (χ0v) is 17.4. The van der Waals surface area contributed by atoms with Gasteiger partial charge in [-0.3, -0.25) is 18.0 Å². The molecular weight excluding hydrogens is 479 g/mol. The van der Waals surface area contributed by atoms with Crippen molar-refractivity contribution in [3.63, 3.8) is 0 Å². The van der Waals surface area contributed by atoms with Crippen LogP contribution in [0.15, 0.2) is 17.1 Å². The minimum absolute atomic E-state index is 0.193. The molecule has 0 radical (unpaired) electrons. The van der Waals surface area contributed by atoms with E-state index in [1.807, 2.05) is 0 Å². The Morgan fingerprint density at radius 1 is 1.17 bits per heavy atom. The predicted octanol–water partition coefficient (Wildman–Crippen LogP) is -4.28. The van der Waals surface area contributed by atoms with E-state index in [9.17, 15) is 48.3 Å². The van der Waals surface area contributed by atoms with Gasteiger partial charge < -0.3 is 48.9 Å². The molecule has 2 rings (SSSR count). The fraction of sp³-hybridized carbons (Fsp3) is 0.600. The van der Waals surface area contributed by atoms with Crippen LogP contribution in [0, 0.1) is 0 Å². The van der Waals surface area contributed by atoms with Crippen molar-refractivity contribution in [2.45, 2.75) is 24.5 Å². The van der Waals surface area contributed by atoms with Crippen LogP contribution < -0.4 is 30.6 Å². The third-order valence-electron chi connectivity index (χ3n) is 3.49. The predicted molar refractivity (Wildman–Crippen MR) is 84.9 cm³/mol. The maximum absolute atomic E-state index is 12.0. The van der Waals surface area contributed by atoms with Gasteiger partial charge in [0, 0.05) is 13.2 Å². The van der Waals surface area contributed by atoms with E-state index in [-0.39, 0.29) is 5.82 Å². The minimum atomic E-state index is -6.15. The highest BCUT2D eigenvalue weighted by molar-refractivity contribution is 7.64. The second kappa shape index (κ2) is 9.22. The number of aliphatic hydroxyl groups is 2. The van der Waals surface area contributed by atoms with Crippen LogP contribution >= 0.6 is 23.5 Å². The van der Waals surface area contributed by atoms with E-state index in [0.717, 1.165) is 4.57 Å². The molecule has 0 spiro atoms. The first kappa shape index (κ1) is 25.2. The summed E-state index contributed by atoms with van der Waals surface area (Å²) in [6, 6.07) is 1.34. The van der Waals surface area contributed by atoms with E-state index in [0.29, 0.717) is 0 Å². The molecular formula is C10H14N3O14P3-4. The number of hydrogen-bond acceptors (Lipinski definition) is 16. The van der Waals surface area contributed by atoms with Gasteiger partial charge >= 0.3 is 5.69 Å². The zero-order valence-electron chi connectivity index (χ0n) is 14.7. The summed E-state index contributed by atoms with van der Waals surface area (Å²) in [6.45, 7) is -1.13. The van der Waals surface area contributed by atoms with Gasteiger partial charge in [0.05, 0.1) is 14.4 Å². The summed E-state index contributed by atoms with van der Waals surface area (Å²) in [5.41, 5.74) is -0.887. The van der Waals surface area contributed by atoms with Crippen LogP contribution in [0.25, 0.3) is 0 Å². The van der Waals surface area contributed by atoms with Crippen LogP contribution in [0.3, 0.4) is 0 Å². The zero-order chi connectivity index (χ0) is 22.9. The summed E-state index contributed by atoms with van der Waals surface area (Å²) in [6.07, 6.45) is -5.49. The Morgan fingerprint density at radius 3 is 2.33 bits per heavy atom. The Hall–Kier alpha value is -1.03. The summed E-state index contributed by atoms with van der Waals surface area (Å²) in [4.78, 5) is 58.7. The first-order valence-electron chi connectivity index (χ1n) is 7.64. The summed E-state index contributed by atoms with van der Waals surface area (Å²) in [5, 5.41) is 22.6. The van der Waals surface area contributed by atoms with E-state index in [1.165, 1.54) is 19.3 Å². The maximum Gasteiger partial charge on any atom is 0.351 e. The van der Waals surface area contributed by atoms with E-state index >= 15 is 0 Å². The van der Waals surface area contributed by atoms with Crippen molar-refractivity contribution in [3.05, 3.63) is 22.7 Å². The third kappa shape index (κ3) is 6.73. The standard InChI is InChI=1S/C10H18N3O14P3/c1-11-6-2-3-13(10(16)12-6)9-8(15)7(14)5(25-9)4-24-29(20,21)27-30(22,23)26-28(17,18)19/h2-3,5,7-9,14-15H,4H2,1H3,(H,20,21)(H,22,23)(H,11,12,16)(H2,17,18,19)/p-4. The van der Waals surface area contributed by atoms with Gasteiger partial charge in [-0.1, -0.05) is 0 Å². The summed E-state index contributed by atoms with van der Waals surface area (Å²) >= 11 is 0. The van der Waals surface area contributed by atoms with Crippen LogP contribution in [0.5, 0.6) is 0 Å². The first-order chi connectivity index (χ1) is 13.6. The lowest BCUT2D eigenvalue weighted by Gasteiger charge is -2.37. The Balaban J connectivity index is 2.06. The van der Waals surface area contributed by atoms with Crippen molar-refractivity contribution in [1.82, 2.24) is 9.55 Å². The molecule has 1 fully saturated rings. The van der Waals surface area contributed by atoms with Gasteiger partial charge in [0.2, 0.25) is 0 Å². The average Bonchev–Trinajstić information content (AvgIpc) is 2.85. The van der Waals surface area contributed by atoms with E-state index in [1.54, 1.807) is 0 Å². The van der Waals surface area contributed by atoms with Gasteiger partial charge in [0.1, 0.15) is 24.1 Å². The smallest absolute Gasteiger partial charge is 0.351 e. The lowest BCUT2D eigenvalue weighted by atomic mass is 10.1. The lowest BCUT2D eigenvalue weighted by molar-refractivity contribution is -0.339. The molecule has 172 valence electrons. The van der Waals surface area contributed by atoms with Gasteiger partial charge in [0.15, 0.2) is 6.23 Å². The lowest BCUT2D eigenvalue weighted by Crippen LogP contribution is -2.36. The summed E-state index contributed by atoms with van der Waals surface area (Å²) < 4.78 is 49.4. The Labute approximate surface area is 167 Å². The van der Waals surface area contributed by atoms with E-state index in [2.05, 4.69) is 23.4 Å². The van der Waals surface area contributed by atoms with Crippen LogP contribution in [0.1, 0.15) is 6.23 Å². The van der Waals surface area contributed by atoms with Crippen LogP contribution in [0.2, 0.25) is 0 Å². The van der Waals surface area contributed by atoms with Gasteiger partial charge in [0.25, 0.3) is 15.6 Å². The molecule has 0 aliphatic carbocycles. The maximum atomic E-state index is 12.0. The number of anilines is 1. The Bertz CT molecular complexity index is 963. The molecule has 6 unspecified atom stereocenters. The number of phosphoric acid groups is 3. The van der Waals surface area contributed by atoms with E-state index < -0.39 is 60.3 Å². The number of aromatic nitrogens is 2. The van der Waals surface area contributed by atoms with Crippen LogP contribution in [-0.4, -0.2) is 51.7 Å². The average molecular weight is 493 g/mol. The van der Waals surface area contributed by atoms with Gasteiger partial charge in [-0.2, -0.15) is 4.98 Å². The molecule has 1 aromatic rings. The van der Waals surface area contributed by atoms with Crippen molar-refractivity contribution < 1.29 is 61.4 Å².